The minimum absolute atomic E-state index is 0.126. The fourth-order valence-electron chi connectivity index (χ4n) is 1.11. The van der Waals surface area contributed by atoms with E-state index in [1.165, 1.54) is 6.07 Å². The molecule has 72 valence electrons. The van der Waals surface area contributed by atoms with Gasteiger partial charge >= 0.3 is 0 Å². The van der Waals surface area contributed by atoms with Gasteiger partial charge in [0.2, 0.25) is 0 Å². The largest absolute Gasteiger partial charge is 0.327 e. The Morgan fingerprint density at radius 3 is 2.77 bits per heavy atom. The van der Waals surface area contributed by atoms with Gasteiger partial charge in [0.1, 0.15) is 5.82 Å². The third-order valence-electron chi connectivity index (χ3n) is 2.01. The van der Waals surface area contributed by atoms with Crippen LogP contribution >= 0.6 is 11.6 Å². The van der Waals surface area contributed by atoms with Gasteiger partial charge in [0.25, 0.3) is 0 Å². The van der Waals surface area contributed by atoms with Crippen molar-refractivity contribution in [3.05, 3.63) is 34.6 Å². The highest BCUT2D eigenvalue weighted by atomic mass is 35.5. The van der Waals surface area contributed by atoms with Crippen LogP contribution < -0.4 is 5.73 Å². The lowest BCUT2D eigenvalue weighted by molar-refractivity contribution is 0.622. The number of benzene rings is 1. The van der Waals surface area contributed by atoms with Gasteiger partial charge in [-0.15, -0.1) is 0 Å². The quantitative estimate of drug-likeness (QED) is 0.800. The molecule has 1 atom stereocenters. The molecule has 0 heterocycles. The molecule has 0 aliphatic rings. The van der Waals surface area contributed by atoms with Gasteiger partial charge in [-0.1, -0.05) is 24.6 Å². The van der Waals surface area contributed by atoms with Crippen LogP contribution in [0.1, 0.15) is 18.9 Å². The van der Waals surface area contributed by atoms with E-state index in [1.54, 1.807) is 12.1 Å². The molecule has 0 aliphatic carbocycles. The molecule has 0 saturated heterocycles. The van der Waals surface area contributed by atoms with E-state index in [1.807, 2.05) is 6.92 Å². The predicted molar refractivity (Wildman–Crippen MR) is 53.4 cm³/mol. The third kappa shape index (κ3) is 2.98. The highest BCUT2D eigenvalue weighted by Crippen LogP contribution is 2.17. The summed E-state index contributed by atoms with van der Waals surface area (Å²) in [6.07, 6.45) is 1.66. The van der Waals surface area contributed by atoms with Crippen LogP contribution in [0, 0.1) is 5.82 Å². The maximum Gasteiger partial charge on any atom is 0.141 e. The van der Waals surface area contributed by atoms with Crippen LogP contribution in [-0.2, 0) is 6.42 Å². The Kier molecular flexibility index (Phi) is 3.70. The van der Waals surface area contributed by atoms with E-state index >= 15 is 0 Å². The van der Waals surface area contributed by atoms with Crippen molar-refractivity contribution < 1.29 is 4.39 Å². The van der Waals surface area contributed by atoms with Crippen molar-refractivity contribution in [2.45, 2.75) is 25.8 Å². The molecule has 1 aromatic rings. The molecule has 0 aliphatic heterocycles. The van der Waals surface area contributed by atoms with Gasteiger partial charge < -0.3 is 5.73 Å². The third-order valence-corrected chi connectivity index (χ3v) is 2.30. The van der Waals surface area contributed by atoms with Crippen LogP contribution in [0.15, 0.2) is 18.2 Å². The van der Waals surface area contributed by atoms with Crippen molar-refractivity contribution in [3.63, 3.8) is 0 Å². The summed E-state index contributed by atoms with van der Waals surface area (Å²) in [6, 6.07) is 4.85. The van der Waals surface area contributed by atoms with Gasteiger partial charge in [-0.25, -0.2) is 4.39 Å². The second-order valence-electron chi connectivity index (χ2n) is 3.12. The van der Waals surface area contributed by atoms with Crippen molar-refractivity contribution in [3.8, 4) is 0 Å². The summed E-state index contributed by atoms with van der Waals surface area (Å²) >= 11 is 5.62. The monoisotopic (exact) mass is 201 g/mol. The molecule has 0 saturated carbocycles. The van der Waals surface area contributed by atoms with E-state index < -0.39 is 0 Å². The number of hydrogen-bond donors (Lipinski definition) is 1. The van der Waals surface area contributed by atoms with E-state index in [2.05, 4.69) is 0 Å². The lowest BCUT2D eigenvalue weighted by atomic mass is 10.1. The Labute approximate surface area is 82.7 Å². The maximum absolute atomic E-state index is 12.8. The van der Waals surface area contributed by atoms with Gasteiger partial charge in [0, 0.05) is 6.04 Å². The second-order valence-corrected chi connectivity index (χ2v) is 3.53. The maximum atomic E-state index is 12.8. The van der Waals surface area contributed by atoms with Crippen LogP contribution in [0.5, 0.6) is 0 Å². The Balaban J connectivity index is 2.73. The van der Waals surface area contributed by atoms with E-state index in [9.17, 15) is 4.39 Å². The average molecular weight is 202 g/mol. The zero-order chi connectivity index (χ0) is 9.84. The topological polar surface area (TPSA) is 26.0 Å². The molecule has 13 heavy (non-hydrogen) atoms. The summed E-state index contributed by atoms with van der Waals surface area (Å²) in [5, 5.41) is 0.167. The van der Waals surface area contributed by atoms with Crippen molar-refractivity contribution in [2.24, 2.45) is 5.73 Å². The van der Waals surface area contributed by atoms with Crippen LogP contribution in [0.25, 0.3) is 0 Å². The molecule has 0 amide bonds. The summed E-state index contributed by atoms with van der Waals surface area (Å²) in [4.78, 5) is 0. The second kappa shape index (κ2) is 4.58. The van der Waals surface area contributed by atoms with Gasteiger partial charge in [0.05, 0.1) is 5.02 Å². The molecule has 1 unspecified atom stereocenters. The Morgan fingerprint density at radius 2 is 2.23 bits per heavy atom. The fraction of sp³-hybridized carbons (Fsp3) is 0.400. The van der Waals surface area contributed by atoms with Crippen LogP contribution in [-0.4, -0.2) is 6.04 Å². The van der Waals surface area contributed by atoms with Crippen LogP contribution in [0.2, 0.25) is 5.02 Å². The summed E-state index contributed by atoms with van der Waals surface area (Å²) in [6.45, 7) is 2.02. The van der Waals surface area contributed by atoms with Gasteiger partial charge in [-0.2, -0.15) is 0 Å². The van der Waals surface area contributed by atoms with Crippen molar-refractivity contribution in [1.82, 2.24) is 0 Å². The van der Waals surface area contributed by atoms with Crippen LogP contribution in [0.4, 0.5) is 4.39 Å². The zero-order valence-electron chi connectivity index (χ0n) is 7.56. The molecule has 0 fully saturated rings. The fourth-order valence-corrected chi connectivity index (χ4v) is 1.32. The summed E-state index contributed by atoms with van der Waals surface area (Å²) < 4.78 is 12.8. The van der Waals surface area contributed by atoms with Crippen molar-refractivity contribution in [2.75, 3.05) is 0 Å². The summed E-state index contributed by atoms with van der Waals surface area (Å²) in [7, 11) is 0. The van der Waals surface area contributed by atoms with E-state index in [-0.39, 0.29) is 16.9 Å². The van der Waals surface area contributed by atoms with Crippen LogP contribution in [0.3, 0.4) is 0 Å². The first-order valence-corrected chi connectivity index (χ1v) is 4.70. The summed E-state index contributed by atoms with van der Waals surface area (Å²) in [5.74, 6) is -0.379. The van der Waals surface area contributed by atoms with Gasteiger partial charge in [-0.3, -0.25) is 0 Å². The van der Waals surface area contributed by atoms with E-state index in [0.717, 1.165) is 18.4 Å². The number of halogens is 2. The minimum Gasteiger partial charge on any atom is -0.327 e. The molecular formula is C10H13ClFN. The Hall–Kier alpha value is -0.600. The normalized spacial score (nSPS) is 12.9. The SMILES string of the molecule is CCC(N)Cc1ccc(F)c(Cl)c1. The highest BCUT2D eigenvalue weighted by molar-refractivity contribution is 6.30. The average Bonchev–Trinajstić information content (AvgIpc) is 2.11. The number of nitrogens with two attached hydrogens (primary N) is 1. The first kappa shape index (κ1) is 10.5. The molecule has 1 aromatic carbocycles. The minimum atomic E-state index is -0.379. The molecule has 0 radical (unpaired) electrons. The molecule has 0 aromatic heterocycles. The lowest BCUT2D eigenvalue weighted by Crippen LogP contribution is -2.21. The van der Waals surface area contributed by atoms with Gasteiger partial charge in [0.15, 0.2) is 0 Å². The lowest BCUT2D eigenvalue weighted by Gasteiger charge is -2.08. The van der Waals surface area contributed by atoms with Crippen molar-refractivity contribution >= 4 is 11.6 Å². The Bertz CT molecular complexity index is 288. The number of rotatable bonds is 3. The number of hydrogen-bond acceptors (Lipinski definition) is 1. The molecule has 0 spiro atoms. The molecule has 1 nitrogen and oxygen atoms in total. The standard InChI is InChI=1S/C10H13ClFN/c1-2-8(13)5-7-3-4-10(12)9(11)6-7/h3-4,6,8H,2,5,13H2,1H3. The van der Waals surface area contributed by atoms with Gasteiger partial charge in [-0.05, 0) is 30.5 Å². The molecule has 0 bridgehead atoms. The smallest absolute Gasteiger partial charge is 0.141 e. The molecule has 2 N–H and O–H groups in total. The van der Waals surface area contributed by atoms with E-state index in [0.29, 0.717) is 0 Å². The zero-order valence-corrected chi connectivity index (χ0v) is 8.31. The molecule has 3 heteroatoms. The predicted octanol–water partition coefficient (Wildman–Crippen LogP) is 2.76. The summed E-state index contributed by atoms with van der Waals surface area (Å²) in [5.41, 5.74) is 6.74. The first-order valence-electron chi connectivity index (χ1n) is 4.33. The molecular weight excluding hydrogens is 189 g/mol. The Morgan fingerprint density at radius 1 is 1.54 bits per heavy atom. The molecule has 1 rings (SSSR count). The highest BCUT2D eigenvalue weighted by Gasteiger charge is 2.04. The van der Waals surface area contributed by atoms with Crippen molar-refractivity contribution in [1.29, 1.82) is 0 Å². The van der Waals surface area contributed by atoms with E-state index in [4.69, 9.17) is 17.3 Å². The first-order chi connectivity index (χ1) is 6.13.